The van der Waals surface area contributed by atoms with Crippen LogP contribution in [-0.2, 0) is 9.73 Å². The third-order valence-corrected chi connectivity index (χ3v) is 7.54. The van der Waals surface area contributed by atoms with Gasteiger partial charge in [0.25, 0.3) is 11.8 Å². The summed E-state index contributed by atoms with van der Waals surface area (Å²) in [6.45, 7) is 1.40. The van der Waals surface area contributed by atoms with Crippen molar-refractivity contribution in [1.82, 2.24) is 4.98 Å². The van der Waals surface area contributed by atoms with Crippen molar-refractivity contribution in [2.24, 2.45) is 4.36 Å². The molecular formula is C26H28N4O6S. The number of aliphatic hydroxyl groups excluding tert-OH is 2. The van der Waals surface area contributed by atoms with Crippen LogP contribution in [0.4, 0.5) is 11.5 Å². The molecule has 0 bridgehead atoms. The predicted molar refractivity (Wildman–Crippen MR) is 141 cm³/mol. The third kappa shape index (κ3) is 7.75. The highest BCUT2D eigenvalue weighted by Crippen LogP contribution is 2.16. The van der Waals surface area contributed by atoms with Crippen LogP contribution in [0.5, 0.6) is 0 Å². The zero-order valence-electron chi connectivity index (χ0n) is 20.3. The second-order valence-corrected chi connectivity index (χ2v) is 10.7. The Labute approximate surface area is 215 Å². The molecule has 5 N–H and O–H groups in total. The zero-order valence-corrected chi connectivity index (χ0v) is 21.1. The monoisotopic (exact) mass is 524 g/mol. The number of nitrogens with two attached hydrogens (primary N) is 1. The number of hydrogen-bond donors (Lipinski definition) is 4. The van der Waals surface area contributed by atoms with Gasteiger partial charge in [-0.05, 0) is 50.1 Å². The Morgan fingerprint density at radius 3 is 2.51 bits per heavy atom. The Kier molecular flexibility index (Phi) is 9.57. The van der Waals surface area contributed by atoms with Gasteiger partial charge in [-0.25, -0.2) is 9.19 Å². The number of rotatable bonds is 9. The van der Waals surface area contributed by atoms with Gasteiger partial charge in [0, 0.05) is 47.7 Å². The van der Waals surface area contributed by atoms with Crippen molar-refractivity contribution in [2.75, 3.05) is 35.8 Å². The molecule has 2 amide bonds. The number of furan rings is 1. The first-order valence-electron chi connectivity index (χ1n) is 11.5. The number of pyridine rings is 1. The Balaban J connectivity index is 1.82. The van der Waals surface area contributed by atoms with E-state index in [-0.39, 0.29) is 66.2 Å². The van der Waals surface area contributed by atoms with Gasteiger partial charge >= 0.3 is 0 Å². The summed E-state index contributed by atoms with van der Waals surface area (Å²) >= 11 is 0. The average Bonchev–Trinajstić information content (AvgIpc) is 3.32. The summed E-state index contributed by atoms with van der Waals surface area (Å²) in [4.78, 5) is 29.2. The van der Waals surface area contributed by atoms with Crippen LogP contribution >= 0.6 is 0 Å². The van der Waals surface area contributed by atoms with Gasteiger partial charge in [-0.15, -0.1) is 0 Å². The van der Waals surface area contributed by atoms with Crippen molar-refractivity contribution in [3.05, 3.63) is 76.9 Å². The molecule has 0 aliphatic rings. The molecule has 0 aliphatic heterocycles. The summed E-state index contributed by atoms with van der Waals surface area (Å²) in [6, 6.07) is 9.98. The minimum absolute atomic E-state index is 0.0384. The highest BCUT2D eigenvalue weighted by Gasteiger charge is 2.15. The van der Waals surface area contributed by atoms with Gasteiger partial charge in [0.1, 0.15) is 5.82 Å². The quantitative estimate of drug-likeness (QED) is 0.310. The minimum Gasteiger partial charge on any atom is -0.459 e. The van der Waals surface area contributed by atoms with E-state index in [1.165, 1.54) is 18.5 Å². The second-order valence-electron chi connectivity index (χ2n) is 8.11. The molecule has 10 nitrogen and oxygen atoms in total. The molecule has 194 valence electrons. The zero-order chi connectivity index (χ0) is 26.8. The highest BCUT2D eigenvalue weighted by atomic mass is 32.2. The topological polar surface area (TPSA) is 168 Å². The highest BCUT2D eigenvalue weighted by molar-refractivity contribution is 7.93. The lowest BCUT2D eigenvalue weighted by Gasteiger charge is -2.08. The molecule has 0 atom stereocenters. The van der Waals surface area contributed by atoms with Crippen LogP contribution in [0.25, 0.3) is 0 Å². The molecule has 1 aromatic carbocycles. The number of anilines is 2. The number of benzene rings is 1. The average molecular weight is 525 g/mol. The van der Waals surface area contributed by atoms with E-state index in [0.717, 1.165) is 5.56 Å². The van der Waals surface area contributed by atoms with Crippen LogP contribution in [0.15, 0.2) is 57.6 Å². The van der Waals surface area contributed by atoms with Crippen LogP contribution in [0, 0.1) is 18.8 Å². The number of nitrogens with one attached hydrogen (secondary N) is 1. The third-order valence-electron chi connectivity index (χ3n) is 5.19. The normalized spacial score (nSPS) is 10.9. The Morgan fingerprint density at radius 1 is 1.14 bits per heavy atom. The minimum atomic E-state index is -2.95. The molecule has 0 saturated heterocycles. The van der Waals surface area contributed by atoms with E-state index in [0.29, 0.717) is 11.3 Å². The molecule has 0 unspecified atom stereocenters. The maximum absolute atomic E-state index is 13.0. The van der Waals surface area contributed by atoms with Gasteiger partial charge in [-0.1, -0.05) is 17.9 Å². The maximum atomic E-state index is 13.0. The smallest absolute Gasteiger partial charge is 0.291 e. The van der Waals surface area contributed by atoms with Crippen molar-refractivity contribution in [3.63, 3.8) is 0 Å². The summed E-state index contributed by atoms with van der Waals surface area (Å²) in [5.41, 5.74) is 8.09. The Bertz CT molecular complexity index is 1450. The molecule has 3 rings (SSSR count). The number of aliphatic hydroxyl groups is 2. The Morgan fingerprint density at radius 2 is 1.86 bits per heavy atom. The second kappa shape index (κ2) is 12.8. The number of hydrogen-bond acceptors (Lipinski definition) is 8. The molecule has 0 fully saturated rings. The van der Waals surface area contributed by atoms with Crippen molar-refractivity contribution < 1.29 is 28.4 Å². The predicted octanol–water partition coefficient (Wildman–Crippen LogP) is 2.59. The van der Waals surface area contributed by atoms with E-state index in [1.54, 1.807) is 37.3 Å². The molecule has 37 heavy (non-hydrogen) atoms. The van der Waals surface area contributed by atoms with Gasteiger partial charge in [-0.2, -0.15) is 4.36 Å². The largest absolute Gasteiger partial charge is 0.459 e. The van der Waals surface area contributed by atoms with Crippen LogP contribution in [0.2, 0.25) is 0 Å². The van der Waals surface area contributed by atoms with Gasteiger partial charge in [0.05, 0.1) is 27.1 Å². The number of aryl methyl sites for hydroxylation is 1. The van der Waals surface area contributed by atoms with Crippen molar-refractivity contribution in [1.29, 1.82) is 0 Å². The van der Waals surface area contributed by atoms with E-state index < -0.39 is 15.6 Å². The van der Waals surface area contributed by atoms with E-state index in [4.69, 9.17) is 20.4 Å². The SMILES string of the molecule is Cc1ccoc1C(=O)Nc1cccc(C#Cc2cc(C(=O)N=S(=O)(CCCO)CCCO)cnc2N)c1. The van der Waals surface area contributed by atoms with Crippen LogP contribution in [-0.4, -0.2) is 55.9 Å². The van der Waals surface area contributed by atoms with Crippen molar-refractivity contribution in [3.8, 4) is 11.8 Å². The van der Waals surface area contributed by atoms with Crippen LogP contribution in [0.1, 0.15) is 50.4 Å². The number of aromatic nitrogens is 1. The van der Waals surface area contributed by atoms with E-state index in [9.17, 15) is 13.8 Å². The van der Waals surface area contributed by atoms with Crippen LogP contribution in [0.3, 0.4) is 0 Å². The fourth-order valence-electron chi connectivity index (χ4n) is 3.28. The number of carbonyl (C=O) groups excluding carboxylic acids is 2. The number of carbonyl (C=O) groups is 2. The number of nitrogen functional groups attached to an aromatic ring is 1. The molecule has 0 radical (unpaired) electrons. The lowest BCUT2D eigenvalue weighted by molar-refractivity contribution is 0.0991. The van der Waals surface area contributed by atoms with E-state index in [1.807, 2.05) is 0 Å². The first-order chi connectivity index (χ1) is 17.7. The molecule has 11 heteroatoms. The number of amides is 2. The first-order valence-corrected chi connectivity index (χ1v) is 13.3. The van der Waals surface area contributed by atoms with Gasteiger partial charge in [0.2, 0.25) is 0 Å². The van der Waals surface area contributed by atoms with Gasteiger partial charge in [0.15, 0.2) is 5.76 Å². The first kappa shape index (κ1) is 27.6. The lowest BCUT2D eigenvalue weighted by atomic mass is 10.1. The fraction of sp³-hybridized carbons (Fsp3) is 0.269. The lowest BCUT2D eigenvalue weighted by Crippen LogP contribution is -2.16. The number of nitrogens with zero attached hydrogens (tertiary/aromatic N) is 2. The molecule has 0 saturated carbocycles. The molecule has 2 aromatic heterocycles. The molecule has 3 aromatic rings. The summed E-state index contributed by atoms with van der Waals surface area (Å²) in [5.74, 6) is 5.08. The summed E-state index contributed by atoms with van der Waals surface area (Å²) in [7, 11) is -2.95. The van der Waals surface area contributed by atoms with Crippen molar-refractivity contribution >= 4 is 33.0 Å². The van der Waals surface area contributed by atoms with Gasteiger partial charge < -0.3 is 25.7 Å². The fourth-order valence-corrected chi connectivity index (χ4v) is 5.23. The molecule has 2 heterocycles. The molecule has 0 spiro atoms. The molecular weight excluding hydrogens is 496 g/mol. The maximum Gasteiger partial charge on any atom is 0.291 e. The van der Waals surface area contributed by atoms with Crippen LogP contribution < -0.4 is 11.1 Å². The van der Waals surface area contributed by atoms with E-state index >= 15 is 0 Å². The molecule has 0 aliphatic carbocycles. The summed E-state index contributed by atoms with van der Waals surface area (Å²) in [5, 5.41) is 20.9. The Hall–Kier alpha value is -3.98. The van der Waals surface area contributed by atoms with Gasteiger partial charge in [-0.3, -0.25) is 9.59 Å². The van der Waals surface area contributed by atoms with E-state index in [2.05, 4.69) is 26.5 Å². The summed E-state index contributed by atoms with van der Waals surface area (Å²) < 4.78 is 22.1. The standard InChI is InChI=1S/C26H28N4O6S/c1-18-9-12-36-23(18)26(34)29-22-6-2-5-19(15-22)7-8-20-16-21(17-28-24(20)27)25(33)30-37(35,13-3-10-31)14-4-11-32/h2,5-6,9,12,15-17,31-32H,3-4,10-11,13-14H2,1H3,(H2,27,28)(H,29,34). The summed E-state index contributed by atoms with van der Waals surface area (Å²) in [6.07, 6.45) is 3.12. The van der Waals surface area contributed by atoms with Crippen molar-refractivity contribution in [2.45, 2.75) is 19.8 Å².